The third kappa shape index (κ3) is 3.73. The van der Waals surface area contributed by atoms with Crippen LogP contribution >= 0.6 is 11.6 Å². The number of aromatic amines is 1. The maximum absolute atomic E-state index is 14.4. The second-order valence-corrected chi connectivity index (χ2v) is 6.83. The number of hydrogen-bond donors (Lipinski definition) is 1. The van der Waals surface area contributed by atoms with E-state index >= 15 is 0 Å². The molecule has 0 saturated heterocycles. The Kier molecular flexibility index (Phi) is 4.95. The SMILES string of the molecule is O=c1[nH]c(-c2ccc(-c3ccccc3)cc2)nn1-c1c(F)cc(C(F)(F)F)cc1Cl. The van der Waals surface area contributed by atoms with Gasteiger partial charge in [-0.15, -0.1) is 5.10 Å². The molecule has 1 N–H and O–H groups in total. The maximum atomic E-state index is 14.4. The molecule has 0 aliphatic rings. The Morgan fingerprint density at radius 1 is 0.900 bits per heavy atom. The number of aromatic nitrogens is 3. The van der Waals surface area contributed by atoms with Crippen LogP contribution in [0.25, 0.3) is 28.2 Å². The largest absolute Gasteiger partial charge is 0.416 e. The van der Waals surface area contributed by atoms with E-state index < -0.39 is 34.0 Å². The third-order valence-electron chi connectivity index (χ3n) is 4.44. The molecule has 0 radical (unpaired) electrons. The van der Waals surface area contributed by atoms with Gasteiger partial charge in [0.25, 0.3) is 0 Å². The van der Waals surface area contributed by atoms with Crippen LogP contribution in [-0.2, 0) is 6.18 Å². The van der Waals surface area contributed by atoms with E-state index in [4.69, 9.17) is 11.6 Å². The van der Waals surface area contributed by atoms with Crippen LogP contribution < -0.4 is 5.69 Å². The normalized spacial score (nSPS) is 11.6. The lowest BCUT2D eigenvalue weighted by Crippen LogP contribution is -2.18. The Hall–Kier alpha value is -3.39. The summed E-state index contributed by atoms with van der Waals surface area (Å²) in [6, 6.07) is 17.5. The molecule has 152 valence electrons. The molecule has 9 heteroatoms. The number of nitrogens with one attached hydrogen (secondary N) is 1. The molecular weight excluding hydrogens is 422 g/mol. The van der Waals surface area contributed by atoms with Crippen molar-refractivity contribution in [1.29, 1.82) is 0 Å². The van der Waals surface area contributed by atoms with Crippen LogP contribution in [-0.4, -0.2) is 14.8 Å². The van der Waals surface area contributed by atoms with Crippen molar-refractivity contribution in [1.82, 2.24) is 14.8 Å². The Morgan fingerprint density at radius 2 is 1.50 bits per heavy atom. The average molecular weight is 434 g/mol. The summed E-state index contributed by atoms with van der Waals surface area (Å²) in [5.74, 6) is -1.19. The highest BCUT2D eigenvalue weighted by Crippen LogP contribution is 2.34. The van der Waals surface area contributed by atoms with Crippen LogP contribution in [0.1, 0.15) is 5.56 Å². The molecule has 1 aromatic heterocycles. The Bertz CT molecular complexity index is 1240. The molecule has 0 unspecified atom stereocenters. The van der Waals surface area contributed by atoms with Crippen molar-refractivity contribution in [3.8, 4) is 28.2 Å². The van der Waals surface area contributed by atoms with Crippen molar-refractivity contribution >= 4 is 11.6 Å². The Balaban J connectivity index is 1.72. The average Bonchev–Trinajstić information content (AvgIpc) is 3.09. The molecule has 0 bridgehead atoms. The van der Waals surface area contributed by atoms with Crippen molar-refractivity contribution in [3.05, 3.63) is 93.6 Å². The number of H-pyrrole nitrogens is 1. The molecule has 1 heterocycles. The summed E-state index contributed by atoms with van der Waals surface area (Å²) < 4.78 is 53.4. The number of halogens is 5. The van der Waals surface area contributed by atoms with Gasteiger partial charge in [0.1, 0.15) is 5.69 Å². The van der Waals surface area contributed by atoms with E-state index in [1.54, 1.807) is 12.1 Å². The third-order valence-corrected chi connectivity index (χ3v) is 4.73. The number of benzene rings is 3. The van der Waals surface area contributed by atoms with Crippen molar-refractivity contribution in [2.24, 2.45) is 0 Å². The molecule has 0 aliphatic carbocycles. The number of rotatable bonds is 3. The first-order chi connectivity index (χ1) is 14.2. The highest BCUT2D eigenvalue weighted by Gasteiger charge is 2.33. The van der Waals surface area contributed by atoms with E-state index in [9.17, 15) is 22.4 Å². The zero-order valence-electron chi connectivity index (χ0n) is 15.0. The maximum Gasteiger partial charge on any atom is 0.416 e. The predicted molar refractivity (Wildman–Crippen MR) is 105 cm³/mol. The lowest BCUT2D eigenvalue weighted by molar-refractivity contribution is -0.137. The lowest BCUT2D eigenvalue weighted by atomic mass is 10.0. The minimum atomic E-state index is -4.77. The van der Waals surface area contributed by atoms with Crippen LogP contribution in [0.5, 0.6) is 0 Å². The topological polar surface area (TPSA) is 50.7 Å². The van der Waals surface area contributed by atoms with E-state index in [1.165, 1.54) is 0 Å². The van der Waals surface area contributed by atoms with Gasteiger partial charge in [0.15, 0.2) is 11.6 Å². The quantitative estimate of drug-likeness (QED) is 0.421. The van der Waals surface area contributed by atoms with Crippen molar-refractivity contribution in [3.63, 3.8) is 0 Å². The molecule has 3 aromatic carbocycles. The van der Waals surface area contributed by atoms with Crippen molar-refractivity contribution < 1.29 is 17.6 Å². The fourth-order valence-electron chi connectivity index (χ4n) is 2.99. The summed E-state index contributed by atoms with van der Waals surface area (Å²) in [4.78, 5) is 14.8. The number of nitrogens with zero attached hydrogens (tertiary/aromatic N) is 2. The van der Waals surface area contributed by atoms with E-state index in [0.717, 1.165) is 11.1 Å². The number of alkyl halides is 3. The highest BCUT2D eigenvalue weighted by atomic mass is 35.5. The molecule has 0 spiro atoms. The summed E-state index contributed by atoms with van der Waals surface area (Å²) >= 11 is 5.84. The van der Waals surface area contributed by atoms with Crippen LogP contribution in [0, 0.1) is 5.82 Å². The Labute approximate surface area is 172 Å². The van der Waals surface area contributed by atoms with Crippen molar-refractivity contribution in [2.75, 3.05) is 0 Å². The van der Waals surface area contributed by atoms with Gasteiger partial charge in [-0.25, -0.2) is 9.18 Å². The van der Waals surface area contributed by atoms with E-state index in [0.29, 0.717) is 16.3 Å². The zero-order valence-corrected chi connectivity index (χ0v) is 15.8. The van der Waals surface area contributed by atoms with Crippen LogP contribution in [0.3, 0.4) is 0 Å². The first-order valence-electron chi connectivity index (χ1n) is 8.66. The van der Waals surface area contributed by atoms with Crippen LogP contribution in [0.15, 0.2) is 71.5 Å². The van der Waals surface area contributed by atoms with E-state index in [2.05, 4.69) is 10.1 Å². The monoisotopic (exact) mass is 433 g/mol. The van der Waals surface area contributed by atoms with Crippen molar-refractivity contribution in [2.45, 2.75) is 6.18 Å². The van der Waals surface area contributed by atoms with Gasteiger partial charge < -0.3 is 0 Å². The fourth-order valence-corrected chi connectivity index (χ4v) is 3.28. The molecule has 30 heavy (non-hydrogen) atoms. The van der Waals surface area contributed by atoms with E-state index in [1.807, 2.05) is 42.5 Å². The second kappa shape index (κ2) is 7.46. The molecule has 0 fully saturated rings. The molecule has 0 atom stereocenters. The van der Waals surface area contributed by atoms with E-state index in [-0.39, 0.29) is 11.9 Å². The summed E-state index contributed by atoms with van der Waals surface area (Å²) in [5, 5.41) is 3.43. The highest BCUT2D eigenvalue weighted by molar-refractivity contribution is 6.32. The number of hydrogen-bond acceptors (Lipinski definition) is 2. The first-order valence-corrected chi connectivity index (χ1v) is 9.03. The summed E-state index contributed by atoms with van der Waals surface area (Å²) in [7, 11) is 0. The van der Waals surface area contributed by atoms with Gasteiger partial charge >= 0.3 is 11.9 Å². The van der Waals surface area contributed by atoms with Gasteiger partial charge in [0, 0.05) is 5.56 Å². The lowest BCUT2D eigenvalue weighted by Gasteiger charge is -2.10. The summed E-state index contributed by atoms with van der Waals surface area (Å²) in [6.45, 7) is 0. The predicted octanol–water partition coefficient (Wildman–Crippen LogP) is 5.71. The molecule has 4 nitrogen and oxygen atoms in total. The molecule has 4 aromatic rings. The van der Waals surface area contributed by atoms with Gasteiger partial charge in [-0.1, -0.05) is 66.2 Å². The molecule has 0 amide bonds. The Morgan fingerprint density at radius 3 is 2.10 bits per heavy atom. The summed E-state index contributed by atoms with van der Waals surface area (Å²) in [6.07, 6.45) is -4.77. The van der Waals surface area contributed by atoms with Gasteiger partial charge in [-0.05, 0) is 23.3 Å². The molecule has 4 rings (SSSR count). The van der Waals surface area contributed by atoms with Gasteiger partial charge in [-0.2, -0.15) is 17.9 Å². The second-order valence-electron chi connectivity index (χ2n) is 6.42. The van der Waals surface area contributed by atoms with Crippen LogP contribution in [0.4, 0.5) is 17.6 Å². The standard InChI is InChI=1S/C21H12ClF4N3O/c22-16-10-15(21(24,25)26)11-17(23)18(16)29-20(30)27-19(28-29)14-8-6-13(7-9-14)12-4-2-1-3-5-12/h1-11H,(H,27,28,30). The minimum Gasteiger partial charge on any atom is -0.288 e. The smallest absolute Gasteiger partial charge is 0.288 e. The van der Waals surface area contributed by atoms with Gasteiger partial charge in [0.2, 0.25) is 0 Å². The molecule has 0 saturated carbocycles. The zero-order chi connectivity index (χ0) is 21.5. The first kappa shape index (κ1) is 19.9. The summed E-state index contributed by atoms with van der Waals surface area (Å²) in [5.41, 5.74) is -0.168. The molecule has 0 aliphatic heterocycles. The van der Waals surface area contributed by atoms with Gasteiger partial charge in [0.05, 0.1) is 10.6 Å². The molecular formula is C21H12ClF4N3O. The van der Waals surface area contributed by atoms with Gasteiger partial charge in [-0.3, -0.25) is 4.98 Å². The fraction of sp³-hybridized carbons (Fsp3) is 0.0476. The van der Waals surface area contributed by atoms with Crippen LogP contribution in [0.2, 0.25) is 5.02 Å². The minimum absolute atomic E-state index is 0.120.